The summed E-state index contributed by atoms with van der Waals surface area (Å²) in [6.07, 6.45) is 0.299. The number of carbonyl (C=O) groups is 2. The number of fused-ring (bicyclic) bond motifs is 1. The number of hydrogen-bond donors (Lipinski definition) is 1. The van der Waals surface area contributed by atoms with E-state index in [1.807, 2.05) is 6.07 Å². The van der Waals surface area contributed by atoms with Crippen LogP contribution in [0.1, 0.15) is 28.4 Å². The zero-order valence-electron chi connectivity index (χ0n) is 19.1. The van der Waals surface area contributed by atoms with Gasteiger partial charge in [0.1, 0.15) is 5.82 Å². The van der Waals surface area contributed by atoms with Gasteiger partial charge in [-0.2, -0.15) is 0 Å². The highest BCUT2D eigenvalue weighted by Gasteiger charge is 2.20. The van der Waals surface area contributed by atoms with Crippen LogP contribution in [0, 0.1) is 15.9 Å². The molecule has 1 heterocycles. The normalized spacial score (nSPS) is 11.7. The number of hydrogen-bond acceptors (Lipinski definition) is 8. The summed E-state index contributed by atoms with van der Waals surface area (Å²) in [4.78, 5) is 35.7. The van der Waals surface area contributed by atoms with Crippen LogP contribution in [0.15, 0.2) is 59.5 Å². The summed E-state index contributed by atoms with van der Waals surface area (Å²) in [6, 6.07) is 13.3. The molecule has 4 rings (SSSR count). The second-order valence-corrected chi connectivity index (χ2v) is 8.67. The smallest absolute Gasteiger partial charge is 0.316 e. The van der Waals surface area contributed by atoms with Crippen LogP contribution in [0.5, 0.6) is 11.5 Å². The lowest BCUT2D eigenvalue weighted by atomic mass is 10.0. The molecule has 1 amide bonds. The molecule has 186 valence electrons. The van der Waals surface area contributed by atoms with Gasteiger partial charge in [-0.25, -0.2) is 4.39 Å². The quantitative estimate of drug-likeness (QED) is 0.185. The Bertz CT molecular complexity index is 1330. The van der Waals surface area contributed by atoms with E-state index in [1.165, 1.54) is 30.3 Å². The number of thioether (sulfide) groups is 1. The number of rotatable bonds is 9. The van der Waals surface area contributed by atoms with E-state index in [1.54, 1.807) is 19.1 Å². The van der Waals surface area contributed by atoms with Crippen molar-refractivity contribution in [1.82, 2.24) is 0 Å². The van der Waals surface area contributed by atoms with Crippen molar-refractivity contribution in [1.29, 1.82) is 0 Å². The number of nitro groups is 1. The number of amides is 1. The van der Waals surface area contributed by atoms with Crippen LogP contribution in [-0.4, -0.2) is 36.0 Å². The van der Waals surface area contributed by atoms with E-state index in [4.69, 9.17) is 14.2 Å². The first-order valence-corrected chi connectivity index (χ1v) is 11.9. The fraction of sp³-hybridized carbons (Fsp3) is 0.200. The maximum atomic E-state index is 14.0. The minimum Gasteiger partial charge on any atom is -0.465 e. The highest BCUT2D eigenvalue weighted by atomic mass is 32.2. The lowest BCUT2D eigenvalue weighted by Gasteiger charge is -2.13. The Morgan fingerprint density at radius 2 is 1.92 bits per heavy atom. The SMILES string of the molecule is CCOC(=O)CSc1ccc(C(=O)Nc2ccc(F)cc2Cc2ccc3c(c2)OCO3)cc1[N+](=O)[O-]. The number of halogens is 1. The molecule has 3 aromatic carbocycles. The van der Waals surface area contributed by atoms with E-state index >= 15 is 0 Å². The van der Waals surface area contributed by atoms with Crippen LogP contribution in [-0.2, 0) is 16.0 Å². The third-order valence-electron chi connectivity index (χ3n) is 5.22. The van der Waals surface area contributed by atoms with Crippen LogP contribution in [0.3, 0.4) is 0 Å². The Hall–Kier alpha value is -4.12. The number of esters is 1. The predicted octanol–water partition coefficient (Wildman–Crippen LogP) is 4.96. The molecule has 3 aromatic rings. The molecule has 1 N–H and O–H groups in total. The largest absolute Gasteiger partial charge is 0.465 e. The van der Waals surface area contributed by atoms with Crippen LogP contribution in [0.25, 0.3) is 0 Å². The van der Waals surface area contributed by atoms with Gasteiger partial charge in [0.15, 0.2) is 11.5 Å². The van der Waals surface area contributed by atoms with E-state index < -0.39 is 22.6 Å². The van der Waals surface area contributed by atoms with Crippen molar-refractivity contribution in [2.75, 3.05) is 24.5 Å². The Kier molecular flexibility index (Phi) is 7.69. The number of nitrogens with zero attached hydrogens (tertiary/aromatic N) is 1. The van der Waals surface area contributed by atoms with Gasteiger partial charge in [0.2, 0.25) is 6.79 Å². The summed E-state index contributed by atoms with van der Waals surface area (Å²) in [5.41, 5.74) is 1.43. The molecule has 1 aliphatic rings. The average Bonchev–Trinajstić information content (AvgIpc) is 3.32. The molecule has 0 bridgehead atoms. The van der Waals surface area contributed by atoms with Gasteiger partial charge >= 0.3 is 5.97 Å². The first-order chi connectivity index (χ1) is 17.3. The molecule has 9 nitrogen and oxygen atoms in total. The van der Waals surface area contributed by atoms with Crippen molar-refractivity contribution >= 4 is 35.0 Å². The number of nitro benzene ring substituents is 1. The van der Waals surface area contributed by atoms with E-state index in [0.29, 0.717) is 29.2 Å². The molecule has 0 spiro atoms. The zero-order chi connectivity index (χ0) is 25.7. The van der Waals surface area contributed by atoms with Crippen LogP contribution in [0.2, 0.25) is 0 Å². The van der Waals surface area contributed by atoms with E-state index in [0.717, 1.165) is 23.4 Å². The van der Waals surface area contributed by atoms with Gasteiger partial charge in [-0.15, -0.1) is 11.8 Å². The predicted molar refractivity (Wildman–Crippen MR) is 130 cm³/mol. The Labute approximate surface area is 209 Å². The molecule has 0 aliphatic carbocycles. The summed E-state index contributed by atoms with van der Waals surface area (Å²) < 4.78 is 29.6. The molecular formula is C25H21FN2O7S. The minimum atomic E-state index is -0.618. The van der Waals surface area contributed by atoms with Crippen molar-refractivity contribution in [2.45, 2.75) is 18.2 Å². The number of benzene rings is 3. The molecular weight excluding hydrogens is 491 g/mol. The summed E-state index contributed by atoms with van der Waals surface area (Å²) in [5.74, 6) is -0.454. The Balaban J connectivity index is 1.53. The van der Waals surface area contributed by atoms with Crippen molar-refractivity contribution in [3.8, 4) is 11.5 Å². The fourth-order valence-corrected chi connectivity index (χ4v) is 4.36. The minimum absolute atomic E-state index is 0.0422. The van der Waals surface area contributed by atoms with Gasteiger partial charge < -0.3 is 19.5 Å². The summed E-state index contributed by atoms with van der Waals surface area (Å²) in [7, 11) is 0. The average molecular weight is 513 g/mol. The second kappa shape index (κ2) is 11.1. The van der Waals surface area contributed by atoms with E-state index in [-0.39, 0.29) is 35.3 Å². The summed E-state index contributed by atoms with van der Waals surface area (Å²) in [6.45, 7) is 2.01. The molecule has 36 heavy (non-hydrogen) atoms. The van der Waals surface area contributed by atoms with E-state index in [9.17, 15) is 24.1 Å². The Morgan fingerprint density at radius 1 is 1.11 bits per heavy atom. The standard InChI is InChI=1S/C25H21FN2O7S/c1-2-33-24(29)13-36-23-8-4-16(12-20(23)28(31)32)25(30)27-19-6-5-18(26)11-17(19)9-15-3-7-21-22(10-15)35-14-34-21/h3-8,10-12H,2,9,13-14H2,1H3,(H,27,30). The summed E-state index contributed by atoms with van der Waals surface area (Å²) in [5, 5.41) is 14.3. The van der Waals surface area contributed by atoms with Gasteiger partial charge in [0.25, 0.3) is 11.6 Å². The lowest BCUT2D eigenvalue weighted by molar-refractivity contribution is -0.387. The third kappa shape index (κ3) is 5.92. The number of ether oxygens (including phenoxy) is 3. The molecule has 0 atom stereocenters. The van der Waals surface area contributed by atoms with Gasteiger partial charge in [-0.1, -0.05) is 6.07 Å². The first kappa shape index (κ1) is 25.0. The maximum Gasteiger partial charge on any atom is 0.316 e. The molecule has 0 fully saturated rings. The van der Waals surface area contributed by atoms with Crippen molar-refractivity contribution in [3.05, 3.63) is 87.2 Å². The van der Waals surface area contributed by atoms with E-state index in [2.05, 4.69) is 5.32 Å². The van der Waals surface area contributed by atoms with Gasteiger partial charge in [0, 0.05) is 17.3 Å². The van der Waals surface area contributed by atoms with Crippen LogP contribution in [0.4, 0.5) is 15.8 Å². The van der Waals surface area contributed by atoms with Gasteiger partial charge in [-0.05, 0) is 66.9 Å². The number of anilines is 1. The van der Waals surface area contributed by atoms with Crippen LogP contribution < -0.4 is 14.8 Å². The number of carbonyl (C=O) groups excluding carboxylic acids is 2. The zero-order valence-corrected chi connectivity index (χ0v) is 19.9. The molecule has 0 saturated carbocycles. The molecule has 0 aromatic heterocycles. The topological polar surface area (TPSA) is 117 Å². The van der Waals surface area contributed by atoms with Crippen molar-refractivity contribution in [3.63, 3.8) is 0 Å². The van der Waals surface area contributed by atoms with Crippen molar-refractivity contribution in [2.24, 2.45) is 0 Å². The highest BCUT2D eigenvalue weighted by molar-refractivity contribution is 8.00. The van der Waals surface area contributed by atoms with Gasteiger partial charge in [-0.3, -0.25) is 19.7 Å². The first-order valence-electron chi connectivity index (χ1n) is 10.9. The fourth-order valence-electron chi connectivity index (χ4n) is 3.56. The second-order valence-electron chi connectivity index (χ2n) is 7.65. The maximum absolute atomic E-state index is 14.0. The molecule has 11 heteroatoms. The Morgan fingerprint density at radius 3 is 2.69 bits per heavy atom. The molecule has 0 saturated heterocycles. The van der Waals surface area contributed by atoms with Crippen LogP contribution >= 0.6 is 11.8 Å². The molecule has 1 aliphatic heterocycles. The number of nitrogens with one attached hydrogen (secondary N) is 1. The summed E-state index contributed by atoms with van der Waals surface area (Å²) >= 11 is 0.953. The third-order valence-corrected chi connectivity index (χ3v) is 6.25. The highest BCUT2D eigenvalue weighted by Crippen LogP contribution is 2.34. The molecule has 0 unspecified atom stereocenters. The monoisotopic (exact) mass is 512 g/mol. The molecule has 0 radical (unpaired) electrons. The lowest BCUT2D eigenvalue weighted by Crippen LogP contribution is -2.14. The van der Waals surface area contributed by atoms with Gasteiger partial charge in [0.05, 0.1) is 22.2 Å². The van der Waals surface area contributed by atoms with Crippen molar-refractivity contribution < 1.29 is 33.1 Å².